The molecule has 232 valence electrons. The van der Waals surface area contributed by atoms with E-state index in [1.54, 1.807) is 35.5 Å². The van der Waals surface area contributed by atoms with Gasteiger partial charge in [0.2, 0.25) is 18.6 Å². The maximum absolute atomic E-state index is 13.9. The molecule has 0 saturated carbocycles. The minimum absolute atomic E-state index is 0.0282. The van der Waals surface area contributed by atoms with E-state index >= 15 is 0 Å². The lowest BCUT2D eigenvalue weighted by atomic mass is 9.83. The van der Waals surface area contributed by atoms with Gasteiger partial charge in [0.05, 0.1) is 31.0 Å². The average Bonchev–Trinajstić information content (AvgIpc) is 3.66. The molecule has 1 aromatic carbocycles. The zero-order chi connectivity index (χ0) is 30.7. The highest BCUT2D eigenvalue weighted by Crippen LogP contribution is 2.45. The van der Waals surface area contributed by atoms with Crippen molar-refractivity contribution in [1.82, 2.24) is 14.8 Å². The molecule has 2 saturated heterocycles. The fourth-order valence-electron chi connectivity index (χ4n) is 6.79. The number of aliphatic carboxylic acids is 1. The molecular formula is C32H42N4O7. The highest BCUT2D eigenvalue weighted by molar-refractivity contribution is 5.94. The second kappa shape index (κ2) is 12.9. The number of amides is 2. The molecule has 3 aliphatic rings. The second-order valence-electron chi connectivity index (χ2n) is 12.6. The molecule has 2 fully saturated rings. The molecule has 0 unspecified atom stereocenters. The van der Waals surface area contributed by atoms with Crippen LogP contribution in [0.5, 0.6) is 11.5 Å². The zero-order valence-electron chi connectivity index (χ0n) is 25.2. The molecule has 4 heterocycles. The van der Waals surface area contributed by atoms with Crippen LogP contribution in [0.25, 0.3) is 0 Å². The molecule has 2 amide bonds. The quantitative estimate of drug-likeness (QED) is 0.380. The summed E-state index contributed by atoms with van der Waals surface area (Å²) in [5, 5.41) is 20.6. The number of hydrogen-bond acceptors (Lipinski definition) is 8. The summed E-state index contributed by atoms with van der Waals surface area (Å²) >= 11 is 0. The smallest absolute Gasteiger partial charge is 0.308 e. The van der Waals surface area contributed by atoms with Gasteiger partial charge < -0.3 is 29.5 Å². The van der Waals surface area contributed by atoms with Crippen molar-refractivity contribution in [2.75, 3.05) is 44.4 Å². The van der Waals surface area contributed by atoms with Crippen molar-refractivity contribution >= 4 is 23.5 Å². The molecule has 1 aromatic heterocycles. The monoisotopic (exact) mass is 594 g/mol. The fourth-order valence-corrected chi connectivity index (χ4v) is 6.79. The molecule has 0 radical (unpaired) electrons. The van der Waals surface area contributed by atoms with Gasteiger partial charge in [0, 0.05) is 56.3 Å². The number of fused-ring (bicyclic) bond motifs is 1. The van der Waals surface area contributed by atoms with Gasteiger partial charge >= 0.3 is 5.97 Å². The summed E-state index contributed by atoms with van der Waals surface area (Å²) < 4.78 is 11.1. The van der Waals surface area contributed by atoms with E-state index in [0.29, 0.717) is 67.3 Å². The second-order valence-corrected chi connectivity index (χ2v) is 12.6. The number of likely N-dealkylation sites (tertiary alicyclic amines) is 2. The van der Waals surface area contributed by atoms with Crippen LogP contribution in [-0.2, 0) is 21.0 Å². The van der Waals surface area contributed by atoms with Crippen LogP contribution in [0, 0.1) is 11.3 Å². The van der Waals surface area contributed by atoms with Crippen molar-refractivity contribution in [2.45, 2.75) is 65.0 Å². The summed E-state index contributed by atoms with van der Waals surface area (Å²) in [6.07, 6.45) is 5.94. The topological polar surface area (TPSA) is 133 Å². The van der Waals surface area contributed by atoms with Gasteiger partial charge in [-0.3, -0.25) is 24.3 Å². The van der Waals surface area contributed by atoms with E-state index in [4.69, 9.17) is 9.47 Å². The van der Waals surface area contributed by atoms with E-state index in [1.165, 1.54) is 0 Å². The van der Waals surface area contributed by atoms with Crippen LogP contribution in [0.4, 0.5) is 5.69 Å². The van der Waals surface area contributed by atoms with E-state index < -0.39 is 23.8 Å². The molecule has 0 aliphatic carbocycles. The maximum Gasteiger partial charge on any atom is 0.308 e. The number of ether oxygens (including phenoxy) is 2. The van der Waals surface area contributed by atoms with Crippen molar-refractivity contribution in [3.05, 3.63) is 47.8 Å². The minimum Gasteiger partial charge on any atom is -0.481 e. The normalized spacial score (nSPS) is 22.7. The van der Waals surface area contributed by atoms with Gasteiger partial charge in [-0.25, -0.2) is 0 Å². The molecule has 11 nitrogen and oxygen atoms in total. The van der Waals surface area contributed by atoms with Crippen molar-refractivity contribution in [2.24, 2.45) is 11.3 Å². The van der Waals surface area contributed by atoms with Gasteiger partial charge in [-0.2, -0.15) is 0 Å². The van der Waals surface area contributed by atoms with Crippen LogP contribution in [0.3, 0.4) is 0 Å². The van der Waals surface area contributed by atoms with Gasteiger partial charge in [0.25, 0.3) is 0 Å². The Kier molecular flexibility index (Phi) is 9.22. The van der Waals surface area contributed by atoms with Crippen molar-refractivity contribution in [1.29, 1.82) is 0 Å². The highest BCUT2D eigenvalue weighted by Gasteiger charge is 2.48. The summed E-state index contributed by atoms with van der Waals surface area (Å²) in [6.45, 7) is 7.86. The van der Waals surface area contributed by atoms with E-state index in [1.807, 2.05) is 15.9 Å². The summed E-state index contributed by atoms with van der Waals surface area (Å²) in [6, 6.07) is 6.73. The predicted molar refractivity (Wildman–Crippen MR) is 159 cm³/mol. The van der Waals surface area contributed by atoms with Crippen LogP contribution in [-0.4, -0.2) is 88.3 Å². The van der Waals surface area contributed by atoms with E-state index in [9.17, 15) is 24.6 Å². The first-order chi connectivity index (χ1) is 20.6. The number of carboxylic acids is 1. The number of unbranched alkanes of at least 4 members (excludes halogenated alkanes) is 1. The average molecular weight is 595 g/mol. The lowest BCUT2D eigenvalue weighted by Gasteiger charge is -2.31. The number of nitrogens with zero attached hydrogens (tertiary/aromatic N) is 4. The van der Waals surface area contributed by atoms with Gasteiger partial charge in [-0.15, -0.1) is 0 Å². The molecule has 11 heteroatoms. The van der Waals surface area contributed by atoms with Crippen LogP contribution in [0.2, 0.25) is 0 Å². The summed E-state index contributed by atoms with van der Waals surface area (Å²) in [5.74, 6) is -1.38. The maximum atomic E-state index is 13.9. The molecule has 3 aliphatic heterocycles. The fraction of sp³-hybridized carbons (Fsp3) is 0.562. The first kappa shape index (κ1) is 30.7. The first-order valence-corrected chi connectivity index (χ1v) is 15.1. The minimum atomic E-state index is -0.962. The third-order valence-electron chi connectivity index (χ3n) is 8.83. The number of aliphatic hydroxyl groups excluding tert-OH is 1. The number of hydrogen-bond donors (Lipinski definition) is 2. The molecule has 0 bridgehead atoms. The van der Waals surface area contributed by atoms with Crippen LogP contribution < -0.4 is 14.4 Å². The molecule has 0 spiro atoms. The first-order valence-electron chi connectivity index (χ1n) is 15.1. The number of carboxylic acid groups (broad SMARTS) is 1. The van der Waals surface area contributed by atoms with Gasteiger partial charge in [-0.1, -0.05) is 27.2 Å². The lowest BCUT2D eigenvalue weighted by Crippen LogP contribution is -2.45. The highest BCUT2D eigenvalue weighted by atomic mass is 16.7. The molecule has 43 heavy (non-hydrogen) atoms. The van der Waals surface area contributed by atoms with Gasteiger partial charge in [-0.05, 0) is 48.1 Å². The Hall–Kier alpha value is -3.70. The molecule has 5 rings (SSSR count). The van der Waals surface area contributed by atoms with Crippen molar-refractivity contribution in [3.8, 4) is 11.5 Å². The third kappa shape index (κ3) is 6.62. The largest absolute Gasteiger partial charge is 0.481 e. The zero-order valence-corrected chi connectivity index (χ0v) is 25.2. The molecule has 2 N–H and O–H groups in total. The Morgan fingerprint density at radius 3 is 2.70 bits per heavy atom. The number of aromatic nitrogens is 1. The Bertz CT molecular complexity index is 1330. The Balaban J connectivity index is 1.46. The summed E-state index contributed by atoms with van der Waals surface area (Å²) in [7, 11) is 0. The lowest BCUT2D eigenvalue weighted by molar-refractivity contribution is -0.143. The Labute approximate surface area is 252 Å². The SMILES string of the molecule is CCCCN(C(=O)CN1C[C@H](c2cc(CO)c3c(c2)OCO3)[C@@H](C(=O)O)[C@@H]1CCN1CC(C)(C)CC1=O)c1cccnc1. The van der Waals surface area contributed by atoms with Gasteiger partial charge in [0.15, 0.2) is 11.5 Å². The molecule has 3 atom stereocenters. The van der Waals surface area contributed by atoms with E-state index in [0.717, 1.165) is 12.8 Å². The number of rotatable bonds is 12. The van der Waals surface area contributed by atoms with E-state index in [2.05, 4.69) is 25.8 Å². The summed E-state index contributed by atoms with van der Waals surface area (Å²) in [4.78, 5) is 49.3. The molecular weight excluding hydrogens is 552 g/mol. The van der Waals surface area contributed by atoms with E-state index in [-0.39, 0.29) is 37.2 Å². The number of aliphatic hydroxyl groups is 1. The predicted octanol–water partition coefficient (Wildman–Crippen LogP) is 3.25. The van der Waals surface area contributed by atoms with Crippen molar-refractivity contribution < 1.29 is 34.1 Å². The number of pyridine rings is 1. The number of benzene rings is 1. The third-order valence-corrected chi connectivity index (χ3v) is 8.83. The molecule has 2 aromatic rings. The number of anilines is 1. The van der Waals surface area contributed by atoms with Crippen LogP contribution >= 0.6 is 0 Å². The number of carbonyl (C=O) groups excluding carboxylic acids is 2. The van der Waals surface area contributed by atoms with Gasteiger partial charge in [0.1, 0.15) is 0 Å². The number of carbonyl (C=O) groups is 3. The van der Waals surface area contributed by atoms with Crippen LogP contribution in [0.15, 0.2) is 36.7 Å². The summed E-state index contributed by atoms with van der Waals surface area (Å²) in [5.41, 5.74) is 1.83. The van der Waals surface area contributed by atoms with Crippen LogP contribution in [0.1, 0.15) is 63.5 Å². The standard InChI is InChI=1S/C32H42N4O7/c1-4-5-10-36(23-7-6-9-33-15-23)28(39)17-35-16-24(21-12-22(18-37)30-26(13-21)42-20-43-30)29(31(40)41)25(35)8-11-34-19-32(2,3)14-27(34)38/h6-7,9,12-13,15,24-25,29,37H,4-5,8,10-11,14,16-20H2,1-3H3,(H,40,41)/t24-,25+,29-/m1/s1. The Morgan fingerprint density at radius 2 is 2.05 bits per heavy atom. The Morgan fingerprint density at radius 1 is 1.23 bits per heavy atom. The van der Waals surface area contributed by atoms with Crippen molar-refractivity contribution in [3.63, 3.8) is 0 Å².